The quantitative estimate of drug-likeness (QED) is 0.790. The Bertz CT molecular complexity index is 339. The minimum atomic E-state index is -0.283. The predicted molar refractivity (Wildman–Crippen MR) is 71.9 cm³/mol. The number of nitrogens with two attached hydrogens (primary N) is 1. The molecule has 0 heterocycles. The Morgan fingerprint density at radius 3 is 2.59 bits per heavy atom. The molecule has 3 N–H and O–H groups in total. The summed E-state index contributed by atoms with van der Waals surface area (Å²) >= 11 is 0. The van der Waals surface area contributed by atoms with Crippen LogP contribution in [0, 0.1) is 6.92 Å². The average molecular weight is 236 g/mol. The van der Waals surface area contributed by atoms with Crippen molar-refractivity contribution in [3.05, 3.63) is 35.4 Å². The molecule has 0 aromatic heterocycles. The number of aryl methyl sites for hydroxylation is 1. The van der Waals surface area contributed by atoms with Gasteiger partial charge in [-0.25, -0.2) is 0 Å². The molecule has 1 aromatic rings. The summed E-state index contributed by atoms with van der Waals surface area (Å²) in [6.07, 6.45) is 0.628. The number of aliphatic hydroxyl groups is 1. The fraction of sp³-hybridized carbons (Fsp3) is 0.571. The maximum absolute atomic E-state index is 9.28. The second-order valence-corrected chi connectivity index (χ2v) is 4.86. The summed E-state index contributed by atoms with van der Waals surface area (Å²) in [5.74, 6) is 0. The predicted octanol–water partition coefficient (Wildman–Crippen LogP) is 1.70. The highest BCUT2D eigenvalue weighted by Crippen LogP contribution is 2.18. The smallest absolute Gasteiger partial charge is 0.0638 e. The number of nitrogens with zero attached hydrogens (tertiary/aromatic N) is 1. The monoisotopic (exact) mass is 236 g/mol. The van der Waals surface area contributed by atoms with Gasteiger partial charge in [0.1, 0.15) is 0 Å². The molecular formula is C14H24N2O. The molecule has 0 amide bonds. The van der Waals surface area contributed by atoms with Crippen molar-refractivity contribution in [1.82, 2.24) is 4.90 Å². The van der Waals surface area contributed by atoms with Crippen LogP contribution in [-0.4, -0.2) is 36.2 Å². The zero-order chi connectivity index (χ0) is 12.8. The zero-order valence-corrected chi connectivity index (χ0v) is 11.1. The Hall–Kier alpha value is -0.900. The van der Waals surface area contributed by atoms with Gasteiger partial charge in [0.15, 0.2) is 0 Å². The number of hydrogen-bond donors (Lipinski definition) is 2. The van der Waals surface area contributed by atoms with E-state index in [0.29, 0.717) is 6.54 Å². The summed E-state index contributed by atoms with van der Waals surface area (Å²) in [5.41, 5.74) is 8.65. The van der Waals surface area contributed by atoms with Crippen LogP contribution in [0.4, 0.5) is 0 Å². The minimum absolute atomic E-state index is 0.0765. The maximum Gasteiger partial charge on any atom is 0.0638 e. The molecule has 0 saturated carbocycles. The first-order valence-electron chi connectivity index (χ1n) is 6.18. The van der Waals surface area contributed by atoms with Crippen molar-refractivity contribution in [2.45, 2.75) is 32.4 Å². The van der Waals surface area contributed by atoms with Gasteiger partial charge in [-0.15, -0.1) is 0 Å². The summed E-state index contributed by atoms with van der Waals surface area (Å²) in [5, 5.41) is 9.28. The molecule has 96 valence electrons. The standard InChI is InChI=1S/C14H24N2O/c1-11-6-4-5-7-13(11)14(15)8-9-16(3)10-12(2)17/h4-7,12,14,17H,8-10,15H2,1-3H3. The van der Waals surface area contributed by atoms with E-state index in [1.165, 1.54) is 11.1 Å². The number of hydrogen-bond acceptors (Lipinski definition) is 3. The second-order valence-electron chi connectivity index (χ2n) is 4.86. The molecule has 1 aromatic carbocycles. The van der Waals surface area contributed by atoms with Crippen LogP contribution in [0.15, 0.2) is 24.3 Å². The van der Waals surface area contributed by atoms with Gasteiger partial charge in [-0.2, -0.15) is 0 Å². The van der Waals surface area contributed by atoms with Crippen molar-refractivity contribution in [3.63, 3.8) is 0 Å². The van der Waals surface area contributed by atoms with Gasteiger partial charge in [0.2, 0.25) is 0 Å². The molecule has 0 aliphatic rings. The summed E-state index contributed by atoms with van der Waals surface area (Å²) in [4.78, 5) is 2.11. The SMILES string of the molecule is Cc1ccccc1C(N)CCN(C)CC(C)O. The molecular weight excluding hydrogens is 212 g/mol. The Morgan fingerprint density at radius 1 is 1.35 bits per heavy atom. The maximum atomic E-state index is 9.28. The Kier molecular flexibility index (Phi) is 5.62. The summed E-state index contributed by atoms with van der Waals surface area (Å²) < 4.78 is 0. The van der Waals surface area contributed by atoms with Crippen molar-refractivity contribution in [3.8, 4) is 0 Å². The van der Waals surface area contributed by atoms with Crippen LogP contribution in [0.3, 0.4) is 0 Å². The molecule has 3 nitrogen and oxygen atoms in total. The molecule has 0 aliphatic carbocycles. The van der Waals surface area contributed by atoms with E-state index in [1.807, 2.05) is 19.2 Å². The van der Waals surface area contributed by atoms with E-state index < -0.39 is 0 Å². The van der Waals surface area contributed by atoms with Crippen molar-refractivity contribution in [2.24, 2.45) is 5.73 Å². The van der Waals surface area contributed by atoms with Crippen LogP contribution >= 0.6 is 0 Å². The first-order chi connectivity index (χ1) is 8.00. The number of benzene rings is 1. The molecule has 0 spiro atoms. The fourth-order valence-electron chi connectivity index (χ4n) is 2.06. The van der Waals surface area contributed by atoms with E-state index in [-0.39, 0.29) is 12.1 Å². The van der Waals surface area contributed by atoms with Crippen LogP contribution in [-0.2, 0) is 0 Å². The highest BCUT2D eigenvalue weighted by atomic mass is 16.3. The molecule has 0 saturated heterocycles. The molecule has 0 aliphatic heterocycles. The first kappa shape index (κ1) is 14.2. The third-order valence-electron chi connectivity index (χ3n) is 2.99. The van der Waals surface area contributed by atoms with Crippen LogP contribution in [0.25, 0.3) is 0 Å². The largest absolute Gasteiger partial charge is 0.392 e. The van der Waals surface area contributed by atoms with Crippen molar-refractivity contribution < 1.29 is 5.11 Å². The van der Waals surface area contributed by atoms with Gasteiger partial charge in [-0.1, -0.05) is 24.3 Å². The third kappa shape index (κ3) is 4.86. The van der Waals surface area contributed by atoms with Crippen molar-refractivity contribution >= 4 is 0 Å². The lowest BCUT2D eigenvalue weighted by molar-refractivity contribution is 0.139. The fourth-order valence-corrected chi connectivity index (χ4v) is 2.06. The summed E-state index contributed by atoms with van der Waals surface area (Å²) in [6, 6.07) is 8.32. The van der Waals surface area contributed by atoms with Gasteiger partial charge in [0.25, 0.3) is 0 Å². The molecule has 0 radical (unpaired) electrons. The molecule has 0 bridgehead atoms. The lowest BCUT2D eigenvalue weighted by atomic mass is 9.99. The molecule has 17 heavy (non-hydrogen) atoms. The second kappa shape index (κ2) is 6.74. The highest BCUT2D eigenvalue weighted by molar-refractivity contribution is 5.28. The van der Waals surface area contributed by atoms with Gasteiger partial charge in [0.05, 0.1) is 6.10 Å². The minimum Gasteiger partial charge on any atom is -0.392 e. The van der Waals surface area contributed by atoms with Crippen molar-refractivity contribution in [1.29, 1.82) is 0 Å². The zero-order valence-electron chi connectivity index (χ0n) is 11.1. The molecule has 3 heteroatoms. The van der Waals surface area contributed by atoms with Gasteiger partial charge >= 0.3 is 0 Å². The molecule has 1 rings (SSSR count). The highest BCUT2D eigenvalue weighted by Gasteiger charge is 2.10. The first-order valence-corrected chi connectivity index (χ1v) is 6.18. The van der Waals surface area contributed by atoms with E-state index >= 15 is 0 Å². The lowest BCUT2D eigenvalue weighted by Gasteiger charge is -2.21. The molecule has 2 unspecified atom stereocenters. The Morgan fingerprint density at radius 2 is 2.00 bits per heavy atom. The Labute approximate surface area is 104 Å². The Balaban J connectivity index is 2.45. The number of aliphatic hydroxyl groups excluding tert-OH is 1. The van der Waals surface area contributed by atoms with E-state index in [1.54, 1.807) is 6.92 Å². The van der Waals surface area contributed by atoms with E-state index in [4.69, 9.17) is 5.73 Å². The van der Waals surface area contributed by atoms with E-state index in [2.05, 4.69) is 24.0 Å². The average Bonchev–Trinajstić information content (AvgIpc) is 2.25. The normalized spacial score (nSPS) is 14.9. The lowest BCUT2D eigenvalue weighted by Crippen LogP contribution is -2.30. The third-order valence-corrected chi connectivity index (χ3v) is 2.99. The van der Waals surface area contributed by atoms with Gasteiger partial charge in [0, 0.05) is 12.6 Å². The topological polar surface area (TPSA) is 49.5 Å². The van der Waals surface area contributed by atoms with Crippen LogP contribution < -0.4 is 5.73 Å². The van der Waals surface area contributed by atoms with Crippen LogP contribution in [0.1, 0.15) is 30.5 Å². The van der Waals surface area contributed by atoms with Gasteiger partial charge in [-0.3, -0.25) is 0 Å². The van der Waals surface area contributed by atoms with Gasteiger partial charge < -0.3 is 15.7 Å². The number of rotatable bonds is 6. The summed E-state index contributed by atoms with van der Waals surface area (Å²) in [7, 11) is 2.01. The van der Waals surface area contributed by atoms with E-state index in [0.717, 1.165) is 13.0 Å². The summed E-state index contributed by atoms with van der Waals surface area (Å²) in [6.45, 7) is 5.49. The van der Waals surface area contributed by atoms with Crippen molar-refractivity contribution in [2.75, 3.05) is 20.1 Å². The van der Waals surface area contributed by atoms with Crippen LogP contribution in [0.2, 0.25) is 0 Å². The molecule has 2 atom stereocenters. The van der Waals surface area contributed by atoms with Gasteiger partial charge in [-0.05, 0) is 45.0 Å². The molecule has 0 fully saturated rings. The number of likely N-dealkylation sites (N-methyl/N-ethyl adjacent to an activating group) is 1. The van der Waals surface area contributed by atoms with E-state index in [9.17, 15) is 5.11 Å². The van der Waals surface area contributed by atoms with Crippen LogP contribution in [0.5, 0.6) is 0 Å².